The minimum atomic E-state index is -0.574. The molecular weight excluding hydrogens is 324 g/mol. The third-order valence-electron chi connectivity index (χ3n) is 2.93. The van der Waals surface area contributed by atoms with Gasteiger partial charge in [-0.15, -0.1) is 0 Å². The summed E-state index contributed by atoms with van der Waals surface area (Å²) in [7, 11) is 0. The van der Waals surface area contributed by atoms with Crippen molar-refractivity contribution in [2.45, 2.75) is 19.9 Å². The van der Waals surface area contributed by atoms with Crippen LogP contribution in [0.5, 0.6) is 0 Å². The van der Waals surface area contributed by atoms with Gasteiger partial charge in [0, 0.05) is 21.8 Å². The summed E-state index contributed by atoms with van der Waals surface area (Å²) < 4.78 is 2.02. The molecule has 1 aromatic heterocycles. The van der Waals surface area contributed by atoms with Crippen molar-refractivity contribution in [2.75, 3.05) is 0 Å². The number of aromatic amines is 1. The molecule has 0 unspecified atom stereocenters. The van der Waals surface area contributed by atoms with E-state index < -0.39 is 11.2 Å². The predicted octanol–water partition coefficient (Wildman–Crippen LogP) is 1.74. The van der Waals surface area contributed by atoms with E-state index >= 15 is 0 Å². The highest BCUT2D eigenvalue weighted by Gasteiger charge is 2.10. The lowest BCUT2D eigenvalue weighted by Crippen LogP contribution is -2.33. The molecule has 20 heavy (non-hydrogen) atoms. The van der Waals surface area contributed by atoms with Gasteiger partial charge in [-0.25, -0.2) is 4.79 Å². The van der Waals surface area contributed by atoms with Crippen LogP contribution in [0.1, 0.15) is 22.8 Å². The van der Waals surface area contributed by atoms with Crippen molar-refractivity contribution in [1.29, 1.82) is 0 Å². The molecule has 0 saturated heterocycles. The lowest BCUT2D eigenvalue weighted by Gasteiger charge is -2.06. The Bertz CT molecular complexity index is 761. The molecule has 0 radical (unpaired) electrons. The van der Waals surface area contributed by atoms with E-state index in [1.807, 2.05) is 13.0 Å². The molecule has 0 aliphatic carbocycles. The molecule has 0 amide bonds. The summed E-state index contributed by atoms with van der Waals surface area (Å²) in [6.45, 7) is 1.72. The van der Waals surface area contributed by atoms with Crippen LogP contribution in [0.15, 0.2) is 44.5 Å². The fourth-order valence-corrected chi connectivity index (χ4v) is 2.23. The highest BCUT2D eigenvalue weighted by atomic mass is 79.9. The average molecular weight is 337 g/mol. The molecule has 0 aliphatic rings. The van der Waals surface area contributed by atoms with Gasteiger partial charge in [-0.2, -0.15) is 0 Å². The largest absolute Gasteiger partial charge is 0.328 e. The summed E-state index contributed by atoms with van der Waals surface area (Å²) >= 11 is 3.29. The van der Waals surface area contributed by atoms with E-state index in [4.69, 9.17) is 0 Å². The van der Waals surface area contributed by atoms with Crippen LogP contribution in [-0.4, -0.2) is 15.3 Å². The van der Waals surface area contributed by atoms with Crippen molar-refractivity contribution >= 4 is 21.7 Å². The second-order valence-electron chi connectivity index (χ2n) is 4.33. The van der Waals surface area contributed by atoms with Crippen LogP contribution in [0.2, 0.25) is 0 Å². The van der Waals surface area contributed by atoms with Gasteiger partial charge in [-0.3, -0.25) is 19.1 Å². The highest BCUT2D eigenvalue weighted by molar-refractivity contribution is 9.10. The second kappa shape index (κ2) is 6.00. The fourth-order valence-electron chi connectivity index (χ4n) is 1.83. The maximum atomic E-state index is 12.1. The molecule has 0 atom stereocenters. The number of Topliss-reactive ketones (excluding diaryl/α,β-unsaturated/α-hetero) is 1. The van der Waals surface area contributed by atoms with Crippen LogP contribution in [0.4, 0.5) is 0 Å². The van der Waals surface area contributed by atoms with Crippen LogP contribution < -0.4 is 11.2 Å². The number of H-pyrrole nitrogens is 1. The summed E-state index contributed by atoms with van der Waals surface area (Å²) in [6.07, 6.45) is 1.94. The lowest BCUT2D eigenvalue weighted by atomic mass is 10.1. The van der Waals surface area contributed by atoms with E-state index in [1.165, 1.54) is 10.8 Å². The van der Waals surface area contributed by atoms with E-state index in [2.05, 4.69) is 20.9 Å². The van der Waals surface area contributed by atoms with E-state index in [-0.39, 0.29) is 12.3 Å². The Morgan fingerprint density at radius 1 is 1.35 bits per heavy atom. The normalized spacial score (nSPS) is 10.5. The minimum absolute atomic E-state index is 0.0981. The number of carbonyl (C=O) groups excluding carboxylic acids is 1. The van der Waals surface area contributed by atoms with Crippen molar-refractivity contribution in [3.63, 3.8) is 0 Å². The molecule has 1 N–H and O–H groups in total. The summed E-state index contributed by atoms with van der Waals surface area (Å²) in [5.74, 6) is -0.192. The maximum absolute atomic E-state index is 12.1. The number of aromatic nitrogens is 2. The molecule has 0 bridgehead atoms. The molecular formula is C14H13BrN2O3. The van der Waals surface area contributed by atoms with Crippen LogP contribution in [-0.2, 0) is 13.0 Å². The quantitative estimate of drug-likeness (QED) is 0.864. The topological polar surface area (TPSA) is 71.9 Å². The average Bonchev–Trinajstić information content (AvgIpc) is 2.41. The van der Waals surface area contributed by atoms with Crippen LogP contribution >= 0.6 is 15.9 Å². The molecule has 104 valence electrons. The number of nitrogens with one attached hydrogen (secondary N) is 1. The number of rotatable bonds is 4. The Balaban J connectivity index is 2.33. The first-order chi connectivity index (χ1) is 9.51. The number of hydrogen-bond acceptors (Lipinski definition) is 3. The molecule has 0 spiro atoms. The Kier molecular flexibility index (Phi) is 4.34. The monoisotopic (exact) mass is 336 g/mol. The molecule has 1 heterocycles. The molecule has 0 aliphatic heterocycles. The number of ketones is 1. The van der Waals surface area contributed by atoms with Crippen LogP contribution in [0, 0.1) is 0 Å². The Labute approximate surface area is 123 Å². The molecule has 0 saturated carbocycles. The van der Waals surface area contributed by atoms with Crippen molar-refractivity contribution < 1.29 is 4.79 Å². The SMILES string of the molecule is CCc1cn(CC(=O)c2cccc(Br)c2)c(=O)[nH]c1=O. The summed E-state index contributed by atoms with van der Waals surface area (Å²) in [5, 5.41) is 0. The summed E-state index contributed by atoms with van der Waals surface area (Å²) in [5.41, 5.74) is 0.0152. The van der Waals surface area contributed by atoms with Gasteiger partial charge in [0.25, 0.3) is 5.56 Å². The number of nitrogens with zero attached hydrogens (tertiary/aromatic N) is 1. The van der Waals surface area contributed by atoms with Gasteiger partial charge in [0.15, 0.2) is 5.78 Å². The standard InChI is InChI=1S/C14H13BrN2O3/c1-2-9-7-17(14(20)16-13(9)19)8-12(18)10-4-3-5-11(15)6-10/h3-7H,2,8H2,1H3,(H,16,19,20). The Hall–Kier alpha value is -1.95. The van der Waals surface area contributed by atoms with Gasteiger partial charge in [0.1, 0.15) is 0 Å². The Morgan fingerprint density at radius 2 is 2.10 bits per heavy atom. The third-order valence-corrected chi connectivity index (χ3v) is 3.42. The fraction of sp³-hybridized carbons (Fsp3) is 0.214. The van der Waals surface area contributed by atoms with E-state index in [0.717, 1.165) is 4.47 Å². The van der Waals surface area contributed by atoms with Crippen molar-refractivity contribution in [3.05, 3.63) is 66.9 Å². The molecule has 0 fully saturated rings. The molecule has 2 rings (SSSR count). The van der Waals surface area contributed by atoms with Crippen molar-refractivity contribution in [1.82, 2.24) is 9.55 Å². The number of benzene rings is 1. The number of aryl methyl sites for hydroxylation is 1. The first-order valence-corrected chi connectivity index (χ1v) is 6.92. The van der Waals surface area contributed by atoms with Gasteiger partial charge in [0.05, 0.1) is 6.54 Å². The number of carbonyl (C=O) groups is 1. The maximum Gasteiger partial charge on any atom is 0.328 e. The van der Waals surface area contributed by atoms with Crippen molar-refractivity contribution in [3.8, 4) is 0 Å². The molecule has 5 nitrogen and oxygen atoms in total. The van der Waals surface area contributed by atoms with E-state index in [9.17, 15) is 14.4 Å². The first-order valence-electron chi connectivity index (χ1n) is 6.12. The van der Waals surface area contributed by atoms with Gasteiger partial charge in [-0.05, 0) is 18.6 Å². The van der Waals surface area contributed by atoms with Gasteiger partial charge in [-0.1, -0.05) is 35.0 Å². The highest BCUT2D eigenvalue weighted by Crippen LogP contribution is 2.12. The molecule has 2 aromatic rings. The number of hydrogen-bond donors (Lipinski definition) is 1. The predicted molar refractivity (Wildman–Crippen MR) is 79.2 cm³/mol. The summed E-state index contributed by atoms with van der Waals surface area (Å²) in [4.78, 5) is 37.5. The van der Waals surface area contributed by atoms with E-state index in [1.54, 1.807) is 18.2 Å². The Morgan fingerprint density at radius 3 is 2.75 bits per heavy atom. The molecule has 6 heteroatoms. The second-order valence-corrected chi connectivity index (χ2v) is 5.24. The zero-order valence-electron chi connectivity index (χ0n) is 10.9. The zero-order chi connectivity index (χ0) is 14.7. The van der Waals surface area contributed by atoms with Crippen LogP contribution in [0.3, 0.4) is 0 Å². The van der Waals surface area contributed by atoms with Crippen molar-refractivity contribution in [2.24, 2.45) is 0 Å². The first kappa shape index (κ1) is 14.5. The minimum Gasteiger partial charge on any atom is -0.293 e. The van der Waals surface area contributed by atoms with Crippen LogP contribution in [0.25, 0.3) is 0 Å². The van der Waals surface area contributed by atoms with Gasteiger partial charge < -0.3 is 0 Å². The third kappa shape index (κ3) is 3.14. The lowest BCUT2D eigenvalue weighted by molar-refractivity contribution is 0.0970. The van der Waals surface area contributed by atoms with Gasteiger partial charge in [0.2, 0.25) is 0 Å². The smallest absolute Gasteiger partial charge is 0.293 e. The molecule has 1 aromatic carbocycles. The number of halogens is 1. The zero-order valence-corrected chi connectivity index (χ0v) is 12.4. The summed E-state index contributed by atoms with van der Waals surface area (Å²) in [6, 6.07) is 6.95. The van der Waals surface area contributed by atoms with Gasteiger partial charge >= 0.3 is 5.69 Å². The van der Waals surface area contributed by atoms with E-state index in [0.29, 0.717) is 17.5 Å².